The van der Waals surface area contributed by atoms with E-state index in [9.17, 15) is 19.5 Å². The summed E-state index contributed by atoms with van der Waals surface area (Å²) in [5.74, 6) is -3.37. The molecule has 0 bridgehead atoms. The van der Waals surface area contributed by atoms with Crippen molar-refractivity contribution in [2.75, 3.05) is 46.1 Å². The molecule has 3 aliphatic rings. The molecule has 67 heavy (non-hydrogen) atoms. The van der Waals surface area contributed by atoms with E-state index in [1.165, 1.54) is 18.7 Å². The molecule has 2 N–H and O–H groups in total. The lowest BCUT2D eigenvalue weighted by Crippen LogP contribution is -2.50. The number of ether oxygens (including phenoxy) is 3. The molecule has 0 saturated carbocycles. The third kappa shape index (κ3) is 12.0. The fourth-order valence-electron chi connectivity index (χ4n) is 9.59. The minimum atomic E-state index is -1.59. The maximum Gasteiger partial charge on any atom is 0.243 e. The molecule has 0 radical (unpaired) electrons. The average Bonchev–Trinajstić information content (AvgIpc) is 3.99. The number of fused-ring (bicyclic) bond motifs is 2. The number of Topliss-reactive ketones (excluding diaryl/α,β-unsaturated/α-hetero) is 1. The van der Waals surface area contributed by atoms with Gasteiger partial charge < -0.3 is 29.5 Å². The second-order valence-electron chi connectivity index (χ2n) is 19.7. The zero-order valence-electron chi connectivity index (χ0n) is 39.5. The number of likely N-dealkylation sites (tertiary alicyclic amines) is 1. The highest BCUT2D eigenvalue weighted by Crippen LogP contribution is 2.50. The van der Waals surface area contributed by atoms with Gasteiger partial charge in [0.15, 0.2) is 5.78 Å². The maximum absolute atomic E-state index is 16.1. The predicted molar refractivity (Wildman–Crippen MR) is 252 cm³/mol. The van der Waals surface area contributed by atoms with Crippen LogP contribution < -0.4 is 10.1 Å². The number of hydrogen-bond donors (Lipinski definition) is 2. The van der Waals surface area contributed by atoms with Crippen LogP contribution in [-0.4, -0.2) is 107 Å². The normalized spacial score (nSPS) is 20.2. The van der Waals surface area contributed by atoms with E-state index in [4.69, 9.17) is 14.2 Å². The number of nitrogens with one attached hydrogen (secondary N) is 1. The lowest BCUT2D eigenvalue weighted by molar-refractivity contribution is -0.146. The number of rotatable bonds is 19. The number of aliphatic hydroxyl groups is 1. The van der Waals surface area contributed by atoms with Gasteiger partial charge in [0.1, 0.15) is 42.3 Å². The van der Waals surface area contributed by atoms with Crippen molar-refractivity contribution in [3.63, 3.8) is 0 Å². The topological polar surface area (TPSA) is 131 Å². The third-order valence-corrected chi connectivity index (χ3v) is 13.9. The zero-order valence-corrected chi connectivity index (χ0v) is 40.3. The van der Waals surface area contributed by atoms with Crippen LogP contribution in [0.2, 0.25) is 0 Å². The van der Waals surface area contributed by atoms with Crippen LogP contribution in [0.4, 0.5) is 13.2 Å². The highest BCUT2D eigenvalue weighted by molar-refractivity contribution is 7.13. The second-order valence-corrected chi connectivity index (χ2v) is 20.6. The van der Waals surface area contributed by atoms with E-state index in [0.717, 1.165) is 56.1 Å². The van der Waals surface area contributed by atoms with Crippen molar-refractivity contribution in [1.82, 2.24) is 20.1 Å². The van der Waals surface area contributed by atoms with Gasteiger partial charge in [0, 0.05) is 62.1 Å². The molecule has 0 spiro atoms. The number of nitrogens with zero attached hydrogens (tertiary/aromatic N) is 3. The maximum atomic E-state index is 16.1. The van der Waals surface area contributed by atoms with Gasteiger partial charge in [-0.15, -0.1) is 11.3 Å². The zero-order chi connectivity index (χ0) is 48.2. The molecule has 1 fully saturated rings. The summed E-state index contributed by atoms with van der Waals surface area (Å²) in [6.07, 6.45) is 0.291. The molecule has 1 saturated heterocycles. The van der Waals surface area contributed by atoms with Crippen LogP contribution in [0.25, 0.3) is 16.0 Å². The van der Waals surface area contributed by atoms with Gasteiger partial charge in [-0.1, -0.05) is 69.3 Å². The number of carbonyl (C=O) groups is 3. The molecule has 2 aliphatic heterocycles. The Kier molecular flexibility index (Phi) is 15.8. The number of amides is 2. The molecular weight excluding hydrogens is 882 g/mol. The summed E-state index contributed by atoms with van der Waals surface area (Å²) in [5.41, 5.74) is 6.47. The van der Waals surface area contributed by atoms with E-state index in [2.05, 4.69) is 10.3 Å². The van der Waals surface area contributed by atoms with E-state index in [0.29, 0.717) is 12.8 Å². The van der Waals surface area contributed by atoms with Crippen molar-refractivity contribution in [1.29, 1.82) is 0 Å². The molecule has 0 unspecified atom stereocenters. The van der Waals surface area contributed by atoms with Crippen LogP contribution in [0.3, 0.4) is 0 Å². The Bertz CT molecular complexity index is 2420. The molecule has 1 aromatic heterocycles. The number of hydrogen-bond acceptors (Lipinski definition) is 10. The van der Waals surface area contributed by atoms with E-state index >= 15 is 13.2 Å². The second kappa shape index (κ2) is 21.2. The molecule has 11 nitrogen and oxygen atoms in total. The molecule has 3 aromatic carbocycles. The van der Waals surface area contributed by atoms with Gasteiger partial charge in [0.2, 0.25) is 11.8 Å². The van der Waals surface area contributed by atoms with Gasteiger partial charge in [-0.3, -0.25) is 19.3 Å². The monoisotopic (exact) mass is 944 g/mol. The summed E-state index contributed by atoms with van der Waals surface area (Å²) in [4.78, 5) is 49.3. The Hall–Kier alpha value is -4.93. The van der Waals surface area contributed by atoms with E-state index < -0.39 is 46.8 Å². The summed E-state index contributed by atoms with van der Waals surface area (Å²) < 4.78 is 64.2. The first-order chi connectivity index (χ1) is 31.8. The largest absolute Gasteiger partial charge is 0.491 e. The van der Waals surface area contributed by atoms with Gasteiger partial charge in [-0.25, -0.2) is 18.2 Å². The van der Waals surface area contributed by atoms with Crippen LogP contribution in [0.5, 0.6) is 5.75 Å². The first-order valence-electron chi connectivity index (χ1n) is 23.1. The van der Waals surface area contributed by atoms with E-state index in [1.54, 1.807) is 16.8 Å². The Balaban J connectivity index is 0.860. The van der Waals surface area contributed by atoms with Gasteiger partial charge in [-0.2, -0.15) is 0 Å². The minimum Gasteiger partial charge on any atom is -0.491 e. The number of aliphatic hydroxyl groups excluding tert-OH is 1. The van der Waals surface area contributed by atoms with Crippen LogP contribution in [0.1, 0.15) is 94.8 Å². The number of thiazole rings is 1. The summed E-state index contributed by atoms with van der Waals surface area (Å²) in [6, 6.07) is 16.3. The lowest BCUT2D eigenvalue weighted by Gasteiger charge is -2.44. The molecule has 1 aliphatic carbocycles. The predicted octanol–water partition coefficient (Wildman–Crippen LogP) is 8.60. The van der Waals surface area contributed by atoms with Gasteiger partial charge in [-0.05, 0) is 79.4 Å². The lowest BCUT2D eigenvalue weighted by atomic mass is 9.77. The van der Waals surface area contributed by atoms with Gasteiger partial charge in [0.05, 0.1) is 48.0 Å². The summed E-state index contributed by atoms with van der Waals surface area (Å²) in [5, 5.41) is 13.5. The summed E-state index contributed by atoms with van der Waals surface area (Å²) in [6.45, 7) is 12.7. The van der Waals surface area contributed by atoms with Crippen LogP contribution in [-0.2, 0) is 36.8 Å². The van der Waals surface area contributed by atoms with Crippen molar-refractivity contribution < 1.29 is 46.9 Å². The number of aromatic nitrogens is 1. The molecule has 3 heterocycles. The fraction of sp³-hybridized carbons (Fsp3) is 0.500. The van der Waals surface area contributed by atoms with Gasteiger partial charge in [0.25, 0.3) is 0 Å². The quantitative estimate of drug-likeness (QED) is 0.0889. The van der Waals surface area contributed by atoms with Crippen molar-refractivity contribution in [3.05, 3.63) is 111 Å². The highest BCUT2D eigenvalue weighted by Gasteiger charge is 2.45. The van der Waals surface area contributed by atoms with Crippen molar-refractivity contribution in [2.45, 2.75) is 111 Å². The molecule has 360 valence electrons. The molecule has 4 aromatic rings. The summed E-state index contributed by atoms with van der Waals surface area (Å²) in [7, 11) is 0. The van der Waals surface area contributed by atoms with Crippen LogP contribution in [0.15, 0.2) is 71.7 Å². The number of aryl methyl sites for hydroxylation is 1. The first kappa shape index (κ1) is 50.0. The highest BCUT2D eigenvalue weighted by atomic mass is 32.1. The molecule has 7 rings (SSSR count). The smallest absolute Gasteiger partial charge is 0.243 e. The fourth-order valence-corrected chi connectivity index (χ4v) is 10.4. The third-order valence-electron chi connectivity index (χ3n) is 12.9. The number of β-amino-alcohol motifs (C(OH)–C–C–N with tert-alkyl or cyclic N) is 1. The number of benzene rings is 3. The minimum absolute atomic E-state index is 0.00293. The number of ketones is 1. The molecule has 5 atom stereocenters. The Morgan fingerprint density at radius 2 is 1.66 bits per heavy atom. The van der Waals surface area contributed by atoms with E-state index in [-0.39, 0.29) is 100 Å². The Morgan fingerprint density at radius 3 is 2.33 bits per heavy atom. The van der Waals surface area contributed by atoms with Crippen molar-refractivity contribution >= 4 is 34.5 Å². The van der Waals surface area contributed by atoms with E-state index in [1.807, 2.05) is 88.0 Å². The first-order valence-corrected chi connectivity index (χ1v) is 24.0. The van der Waals surface area contributed by atoms with Crippen LogP contribution >= 0.6 is 11.3 Å². The average molecular weight is 945 g/mol. The molecular formula is C52H63F3N4O7S. The molecule has 2 amide bonds. The molecule has 15 heteroatoms. The van der Waals surface area contributed by atoms with Crippen molar-refractivity contribution in [2.24, 2.45) is 11.3 Å². The summed E-state index contributed by atoms with van der Waals surface area (Å²) >= 11 is 1.56. The number of alkyl halides is 1. The Labute approximate surface area is 395 Å². The number of carbonyl (C=O) groups excluding carboxylic acids is 3. The van der Waals surface area contributed by atoms with Gasteiger partial charge >= 0.3 is 0 Å². The SMILES string of the molecule is Cc1ncsc1-c1ccc(CNC(=O)[C@@H]2C[C@@H](O)CN2C(=O)[C@@H](CC(=O)COCCOCCOc2cc(F)c([C@@H]3C4=C(C[C@@H](C)N3CC(C)(C)F)c3ccccc3C4)c(F)c2)C(C)(C)C)cc1. The number of halogens is 3. The van der Waals surface area contributed by atoms with Crippen molar-refractivity contribution in [3.8, 4) is 16.2 Å². The van der Waals surface area contributed by atoms with Crippen LogP contribution in [0, 0.1) is 29.9 Å². The standard InChI is InChI=1S/C52H63F3N4O7S/c1-31-20-40-39-11-9-8-10-35(39)21-41(40)47(59(31)29-52(6,7)55)46-43(53)24-38(25-44(46)54)66-19-18-64-16-17-65-28-37(61)22-42(51(3,4)5)50(63)58-27-36(60)23-45(58)49(62)56-26-33-12-14-34(15-13-33)48-32(2)57-30-67-48/h8-15,24-25,30-31,36,42,45,47,60H,16-23,26-29H2,1-7H3,(H,56,62)/t31-,36-,42-,45+,47+/m1/s1. The Morgan fingerprint density at radius 1 is 0.970 bits per heavy atom.